The molecule has 1 heteroatoms. The van der Waals surface area contributed by atoms with Crippen molar-refractivity contribution in [1.29, 1.82) is 0 Å². The first-order chi connectivity index (χ1) is 9.43. The molecule has 0 amide bonds. The Kier molecular flexibility index (Phi) is 10.6. The Morgan fingerprint density at radius 2 is 1.26 bits per heavy atom. The summed E-state index contributed by atoms with van der Waals surface area (Å²) in [4.78, 5) is 0. The molecule has 0 N–H and O–H groups in total. The number of allylic oxidation sites excluding steroid dienone is 2. The van der Waals surface area contributed by atoms with Crippen LogP contribution in [-0.2, 0) is 4.74 Å². The smallest absolute Gasteiger partial charge is 0.161 e. The van der Waals surface area contributed by atoms with Crippen LogP contribution in [0, 0.1) is 0 Å². The minimum Gasteiger partial charge on any atom is -0.458 e. The van der Waals surface area contributed by atoms with Gasteiger partial charge in [0.05, 0.1) is 0 Å². The van der Waals surface area contributed by atoms with Crippen molar-refractivity contribution in [2.45, 2.75) is 90.4 Å². The van der Waals surface area contributed by atoms with E-state index in [1.807, 2.05) is 0 Å². The normalized spacial score (nSPS) is 13.6. The van der Waals surface area contributed by atoms with Crippen molar-refractivity contribution in [3.05, 3.63) is 24.2 Å². The highest BCUT2D eigenvalue weighted by atomic mass is 16.5. The summed E-state index contributed by atoms with van der Waals surface area (Å²) in [5.74, 6) is 1.04. The number of unbranched alkanes of at least 4 members (excludes halogenated alkanes) is 12. The Labute approximate surface area is 120 Å². The first-order valence-electron chi connectivity index (χ1n) is 8.47. The van der Waals surface area contributed by atoms with E-state index in [-0.39, 0.29) is 0 Å². The maximum Gasteiger partial charge on any atom is 0.161 e. The minimum atomic E-state index is 1.04. The second kappa shape index (κ2) is 12.3. The van der Waals surface area contributed by atoms with Gasteiger partial charge in [-0.3, -0.25) is 0 Å². The van der Waals surface area contributed by atoms with Gasteiger partial charge in [0.1, 0.15) is 6.26 Å². The standard InChI is InChI=1S/C18H32O/c1-2-3-4-5-6-7-8-9-10-11-12-13-14-15-16-18-17-19-18/h15-17H,2-14H2,1H3. The van der Waals surface area contributed by atoms with Gasteiger partial charge in [0.25, 0.3) is 0 Å². The highest BCUT2D eigenvalue weighted by Gasteiger charge is 2.02. The van der Waals surface area contributed by atoms with Crippen LogP contribution in [0.15, 0.2) is 24.2 Å². The number of hydrogen-bond acceptors (Lipinski definition) is 1. The Balaban J connectivity index is 1.65. The quantitative estimate of drug-likeness (QED) is 0.326. The molecule has 0 saturated heterocycles. The summed E-state index contributed by atoms with van der Waals surface area (Å²) in [6.07, 6.45) is 24.4. The third-order valence-corrected chi connectivity index (χ3v) is 3.76. The van der Waals surface area contributed by atoms with Crippen LogP contribution >= 0.6 is 0 Å². The van der Waals surface area contributed by atoms with Crippen LogP contribution in [0.1, 0.15) is 90.4 Å². The summed E-state index contributed by atoms with van der Waals surface area (Å²) in [6, 6.07) is 0. The van der Waals surface area contributed by atoms with Crippen molar-refractivity contribution in [2.24, 2.45) is 0 Å². The van der Waals surface area contributed by atoms with Crippen molar-refractivity contribution >= 4 is 0 Å². The molecule has 0 saturated carbocycles. The molecule has 1 heterocycles. The van der Waals surface area contributed by atoms with Gasteiger partial charge in [-0.2, -0.15) is 0 Å². The fourth-order valence-corrected chi connectivity index (χ4v) is 2.42. The highest BCUT2D eigenvalue weighted by molar-refractivity contribution is 5.19. The SMILES string of the molecule is CCCCCCCCCCCCCCC=CC1=CO1. The Morgan fingerprint density at radius 1 is 0.789 bits per heavy atom. The van der Waals surface area contributed by atoms with E-state index in [1.54, 1.807) is 6.26 Å². The van der Waals surface area contributed by atoms with Crippen molar-refractivity contribution in [2.75, 3.05) is 0 Å². The van der Waals surface area contributed by atoms with Crippen molar-refractivity contribution < 1.29 is 4.74 Å². The molecule has 0 fully saturated rings. The average Bonchev–Trinajstić information content (AvgIpc) is 3.23. The van der Waals surface area contributed by atoms with E-state index >= 15 is 0 Å². The van der Waals surface area contributed by atoms with Gasteiger partial charge in [0.15, 0.2) is 5.76 Å². The third kappa shape index (κ3) is 12.1. The first kappa shape index (κ1) is 16.3. The molecule has 0 aromatic heterocycles. The average molecular weight is 264 g/mol. The zero-order chi connectivity index (χ0) is 13.6. The minimum absolute atomic E-state index is 1.04. The number of hydrogen-bond donors (Lipinski definition) is 0. The molecule has 1 rings (SSSR count). The van der Waals surface area contributed by atoms with Gasteiger partial charge in [-0.25, -0.2) is 0 Å². The third-order valence-electron chi connectivity index (χ3n) is 3.76. The maximum atomic E-state index is 4.93. The first-order valence-corrected chi connectivity index (χ1v) is 8.47. The predicted molar refractivity (Wildman–Crippen MR) is 84.0 cm³/mol. The van der Waals surface area contributed by atoms with Crippen LogP contribution in [0.2, 0.25) is 0 Å². The lowest BCUT2D eigenvalue weighted by atomic mass is 10.0. The summed E-state index contributed by atoms with van der Waals surface area (Å²) >= 11 is 0. The molecular weight excluding hydrogens is 232 g/mol. The summed E-state index contributed by atoms with van der Waals surface area (Å²) in [5, 5.41) is 0. The van der Waals surface area contributed by atoms with E-state index < -0.39 is 0 Å². The molecule has 110 valence electrons. The van der Waals surface area contributed by atoms with Gasteiger partial charge in [-0.1, -0.05) is 83.6 Å². The van der Waals surface area contributed by atoms with Crippen LogP contribution in [0.5, 0.6) is 0 Å². The van der Waals surface area contributed by atoms with Gasteiger partial charge in [0, 0.05) is 0 Å². The Hall–Kier alpha value is -0.720. The lowest BCUT2D eigenvalue weighted by molar-refractivity contribution is 0.515. The molecule has 1 aliphatic heterocycles. The molecule has 1 nitrogen and oxygen atoms in total. The monoisotopic (exact) mass is 264 g/mol. The predicted octanol–water partition coefficient (Wildman–Crippen LogP) is 6.51. The maximum absolute atomic E-state index is 4.93. The van der Waals surface area contributed by atoms with E-state index in [9.17, 15) is 0 Å². The Bertz CT molecular complexity index is 252. The van der Waals surface area contributed by atoms with Gasteiger partial charge in [-0.05, 0) is 18.9 Å². The topological polar surface area (TPSA) is 12.5 Å². The van der Waals surface area contributed by atoms with Crippen LogP contribution < -0.4 is 0 Å². The summed E-state index contributed by atoms with van der Waals surface area (Å²) in [5.41, 5.74) is 0. The fraction of sp³-hybridized carbons (Fsp3) is 0.778. The molecule has 0 aromatic rings. The largest absolute Gasteiger partial charge is 0.458 e. The van der Waals surface area contributed by atoms with E-state index in [2.05, 4.69) is 19.1 Å². The zero-order valence-corrected chi connectivity index (χ0v) is 12.8. The number of ether oxygens (including phenoxy) is 1. The molecule has 0 unspecified atom stereocenters. The van der Waals surface area contributed by atoms with Gasteiger partial charge < -0.3 is 4.74 Å². The molecule has 0 atom stereocenters. The van der Waals surface area contributed by atoms with Crippen LogP contribution in [0.3, 0.4) is 0 Å². The summed E-state index contributed by atoms with van der Waals surface area (Å²) < 4.78 is 4.93. The zero-order valence-electron chi connectivity index (χ0n) is 12.8. The molecular formula is C18H32O. The summed E-state index contributed by atoms with van der Waals surface area (Å²) in [7, 11) is 0. The molecule has 0 aromatic carbocycles. The molecule has 19 heavy (non-hydrogen) atoms. The molecule has 0 bridgehead atoms. The van der Waals surface area contributed by atoms with Crippen LogP contribution in [0.25, 0.3) is 0 Å². The molecule has 0 spiro atoms. The van der Waals surface area contributed by atoms with Gasteiger partial charge >= 0.3 is 0 Å². The van der Waals surface area contributed by atoms with Crippen molar-refractivity contribution in [3.63, 3.8) is 0 Å². The lowest BCUT2D eigenvalue weighted by Gasteiger charge is -2.02. The van der Waals surface area contributed by atoms with Gasteiger partial charge in [-0.15, -0.1) is 0 Å². The molecule has 0 radical (unpaired) electrons. The van der Waals surface area contributed by atoms with Crippen molar-refractivity contribution in [1.82, 2.24) is 0 Å². The van der Waals surface area contributed by atoms with Gasteiger partial charge in [0.2, 0.25) is 0 Å². The van der Waals surface area contributed by atoms with E-state index in [1.165, 1.54) is 83.5 Å². The van der Waals surface area contributed by atoms with E-state index in [4.69, 9.17) is 4.74 Å². The van der Waals surface area contributed by atoms with Crippen molar-refractivity contribution in [3.8, 4) is 0 Å². The molecule has 1 aliphatic rings. The Morgan fingerprint density at radius 3 is 1.74 bits per heavy atom. The van der Waals surface area contributed by atoms with Crippen LogP contribution in [0.4, 0.5) is 0 Å². The van der Waals surface area contributed by atoms with Crippen LogP contribution in [-0.4, -0.2) is 0 Å². The molecule has 0 aliphatic carbocycles. The fourth-order valence-electron chi connectivity index (χ4n) is 2.42. The summed E-state index contributed by atoms with van der Waals surface area (Å²) in [6.45, 7) is 2.28. The second-order valence-corrected chi connectivity index (χ2v) is 5.72. The van der Waals surface area contributed by atoms with E-state index in [0.717, 1.165) is 5.76 Å². The number of rotatable bonds is 14. The second-order valence-electron chi connectivity index (χ2n) is 5.72. The lowest BCUT2D eigenvalue weighted by Crippen LogP contribution is -1.82. The van der Waals surface area contributed by atoms with E-state index in [0.29, 0.717) is 0 Å². The highest BCUT2D eigenvalue weighted by Crippen LogP contribution is 2.15.